The Balaban J connectivity index is 2.97. The van der Waals surface area contributed by atoms with Crippen LogP contribution in [0.4, 0.5) is 11.5 Å². The quantitative estimate of drug-likeness (QED) is 0.693. The number of nitrogens with two attached hydrogens (primary N) is 1. The second-order valence-electron chi connectivity index (χ2n) is 4.15. The van der Waals surface area contributed by atoms with Crippen LogP contribution < -0.4 is 11.1 Å². The number of hydrogen-bond acceptors (Lipinski definition) is 4. The molecule has 1 rings (SSSR count). The van der Waals surface area contributed by atoms with Crippen LogP contribution in [-0.4, -0.2) is 27.5 Å². The largest absolute Gasteiger partial charge is 0.394 e. The van der Waals surface area contributed by atoms with E-state index >= 15 is 0 Å². The van der Waals surface area contributed by atoms with Crippen LogP contribution in [0, 0.1) is 0 Å². The van der Waals surface area contributed by atoms with Crippen molar-refractivity contribution in [2.75, 3.05) is 17.7 Å². The molecular weight excluding hydrogens is 192 g/mol. The second kappa shape index (κ2) is 4.53. The fourth-order valence-electron chi connectivity index (χ4n) is 1.44. The molecule has 0 saturated heterocycles. The van der Waals surface area contributed by atoms with E-state index in [0.29, 0.717) is 11.6 Å². The minimum Gasteiger partial charge on any atom is -0.394 e. The van der Waals surface area contributed by atoms with Gasteiger partial charge in [-0.2, -0.15) is 5.10 Å². The highest BCUT2D eigenvalue weighted by Crippen LogP contribution is 2.27. The Hall–Kier alpha value is -1.23. The summed E-state index contributed by atoms with van der Waals surface area (Å²) >= 11 is 0. The minimum atomic E-state index is -0.0253. The Morgan fingerprint density at radius 2 is 2.07 bits per heavy atom. The van der Waals surface area contributed by atoms with Gasteiger partial charge >= 0.3 is 0 Å². The molecule has 0 aliphatic heterocycles. The average molecular weight is 212 g/mol. The van der Waals surface area contributed by atoms with E-state index in [9.17, 15) is 0 Å². The number of anilines is 2. The highest BCUT2D eigenvalue weighted by atomic mass is 16.3. The first-order chi connectivity index (χ1) is 6.97. The van der Waals surface area contributed by atoms with Crippen LogP contribution in [0.15, 0.2) is 0 Å². The summed E-state index contributed by atoms with van der Waals surface area (Å²) in [4.78, 5) is 0. The molecule has 1 aromatic rings. The van der Waals surface area contributed by atoms with Crippen molar-refractivity contribution >= 4 is 11.5 Å². The van der Waals surface area contributed by atoms with Crippen LogP contribution in [0.25, 0.3) is 0 Å². The number of hydrogen-bond donors (Lipinski definition) is 3. The summed E-state index contributed by atoms with van der Waals surface area (Å²) in [5.74, 6) is 1.08. The fourth-order valence-corrected chi connectivity index (χ4v) is 1.44. The number of nitrogen functional groups attached to an aromatic ring is 1. The summed E-state index contributed by atoms with van der Waals surface area (Å²) in [6.45, 7) is 6.07. The van der Waals surface area contributed by atoms with Gasteiger partial charge in [-0.1, -0.05) is 13.8 Å². The number of aliphatic hydroxyl groups is 1. The van der Waals surface area contributed by atoms with E-state index < -0.39 is 0 Å². The van der Waals surface area contributed by atoms with E-state index in [1.54, 1.807) is 4.68 Å². The van der Waals surface area contributed by atoms with E-state index in [1.165, 1.54) is 0 Å². The first-order valence-corrected chi connectivity index (χ1v) is 5.17. The Morgan fingerprint density at radius 3 is 2.47 bits per heavy atom. The molecule has 0 fully saturated rings. The Bertz CT molecular complexity index is 332. The van der Waals surface area contributed by atoms with E-state index in [2.05, 4.69) is 24.3 Å². The summed E-state index contributed by atoms with van der Waals surface area (Å²) in [5.41, 5.74) is 7.55. The van der Waals surface area contributed by atoms with Crippen LogP contribution >= 0.6 is 0 Å². The standard InChI is InChI=1S/C10H20N4O/c1-6(2)9-8(11)10(14(4)13-9)12-7(3)5-15/h6-7,12,15H,5,11H2,1-4H3. The maximum atomic E-state index is 8.96. The van der Waals surface area contributed by atoms with Crippen LogP contribution in [0.5, 0.6) is 0 Å². The maximum Gasteiger partial charge on any atom is 0.148 e. The van der Waals surface area contributed by atoms with Gasteiger partial charge in [0.15, 0.2) is 0 Å². The smallest absolute Gasteiger partial charge is 0.148 e. The van der Waals surface area contributed by atoms with Gasteiger partial charge < -0.3 is 16.2 Å². The normalized spacial score (nSPS) is 13.2. The van der Waals surface area contributed by atoms with Crippen LogP contribution in [-0.2, 0) is 7.05 Å². The zero-order valence-corrected chi connectivity index (χ0v) is 9.78. The van der Waals surface area contributed by atoms with Gasteiger partial charge in [-0.15, -0.1) is 0 Å². The van der Waals surface area contributed by atoms with E-state index in [4.69, 9.17) is 10.8 Å². The SMILES string of the molecule is CC(CO)Nc1c(N)c(C(C)C)nn1C. The highest BCUT2D eigenvalue weighted by Gasteiger charge is 2.16. The summed E-state index contributed by atoms with van der Waals surface area (Å²) in [6.07, 6.45) is 0. The van der Waals surface area contributed by atoms with Crippen LogP contribution in [0.1, 0.15) is 32.4 Å². The topological polar surface area (TPSA) is 76.1 Å². The molecule has 86 valence electrons. The zero-order valence-electron chi connectivity index (χ0n) is 9.78. The van der Waals surface area contributed by atoms with Crippen molar-refractivity contribution in [3.8, 4) is 0 Å². The number of nitrogens with zero attached hydrogens (tertiary/aromatic N) is 2. The summed E-state index contributed by atoms with van der Waals surface area (Å²) in [7, 11) is 1.84. The molecule has 4 N–H and O–H groups in total. The van der Waals surface area contributed by atoms with Crippen molar-refractivity contribution in [3.63, 3.8) is 0 Å². The molecule has 1 unspecified atom stereocenters. The van der Waals surface area contributed by atoms with Gasteiger partial charge in [0.25, 0.3) is 0 Å². The molecule has 0 aliphatic carbocycles. The molecule has 0 bridgehead atoms. The number of aliphatic hydroxyl groups excluding tert-OH is 1. The molecule has 5 nitrogen and oxygen atoms in total. The summed E-state index contributed by atoms with van der Waals surface area (Å²) in [6, 6.07) is -0.0253. The third kappa shape index (κ3) is 2.41. The van der Waals surface area contributed by atoms with Crippen LogP contribution in [0.2, 0.25) is 0 Å². The van der Waals surface area contributed by atoms with Crippen molar-refractivity contribution in [1.29, 1.82) is 0 Å². The third-order valence-corrected chi connectivity index (χ3v) is 2.32. The van der Waals surface area contributed by atoms with Crippen molar-refractivity contribution < 1.29 is 5.11 Å². The molecule has 1 atom stereocenters. The monoisotopic (exact) mass is 212 g/mol. The van der Waals surface area contributed by atoms with Crippen LogP contribution in [0.3, 0.4) is 0 Å². The third-order valence-electron chi connectivity index (χ3n) is 2.32. The van der Waals surface area contributed by atoms with E-state index in [0.717, 1.165) is 11.5 Å². The summed E-state index contributed by atoms with van der Waals surface area (Å²) in [5, 5.41) is 16.4. The first-order valence-electron chi connectivity index (χ1n) is 5.17. The molecule has 15 heavy (non-hydrogen) atoms. The molecule has 0 aliphatic rings. The Labute approximate surface area is 90.3 Å². The first kappa shape index (κ1) is 11.8. The maximum absolute atomic E-state index is 8.96. The Kier molecular flexibility index (Phi) is 3.57. The highest BCUT2D eigenvalue weighted by molar-refractivity contribution is 5.66. The van der Waals surface area contributed by atoms with Crippen molar-refractivity contribution in [3.05, 3.63) is 5.69 Å². The molecule has 5 heteroatoms. The predicted octanol–water partition coefficient (Wildman–Crippen LogP) is 0.918. The number of aromatic nitrogens is 2. The van der Waals surface area contributed by atoms with Gasteiger partial charge in [-0.05, 0) is 12.8 Å². The number of rotatable bonds is 4. The lowest BCUT2D eigenvalue weighted by Gasteiger charge is -2.12. The molecule has 1 aromatic heterocycles. The van der Waals surface area contributed by atoms with Crippen molar-refractivity contribution in [1.82, 2.24) is 9.78 Å². The summed E-state index contributed by atoms with van der Waals surface area (Å²) < 4.78 is 1.72. The molecule has 0 radical (unpaired) electrons. The lowest BCUT2D eigenvalue weighted by molar-refractivity contribution is 0.281. The zero-order chi connectivity index (χ0) is 11.6. The molecule has 1 heterocycles. The van der Waals surface area contributed by atoms with Gasteiger partial charge in [0.05, 0.1) is 18.0 Å². The van der Waals surface area contributed by atoms with Gasteiger partial charge in [0, 0.05) is 13.1 Å². The molecule has 0 spiro atoms. The van der Waals surface area contributed by atoms with Gasteiger partial charge in [0.1, 0.15) is 5.82 Å². The Morgan fingerprint density at radius 1 is 1.47 bits per heavy atom. The van der Waals surface area contributed by atoms with Gasteiger partial charge in [-0.3, -0.25) is 4.68 Å². The lowest BCUT2D eigenvalue weighted by atomic mass is 10.1. The fraction of sp³-hybridized carbons (Fsp3) is 0.700. The molecule has 0 amide bonds. The molecule has 0 saturated carbocycles. The molecule has 0 aromatic carbocycles. The predicted molar refractivity (Wildman–Crippen MR) is 61.9 cm³/mol. The molecular formula is C10H20N4O. The van der Waals surface area contributed by atoms with Crippen molar-refractivity contribution in [2.24, 2.45) is 7.05 Å². The average Bonchev–Trinajstić information content (AvgIpc) is 2.45. The van der Waals surface area contributed by atoms with Gasteiger partial charge in [0.2, 0.25) is 0 Å². The lowest BCUT2D eigenvalue weighted by Crippen LogP contribution is -2.21. The van der Waals surface area contributed by atoms with Crippen molar-refractivity contribution in [2.45, 2.75) is 32.7 Å². The minimum absolute atomic E-state index is 0.0253. The van der Waals surface area contributed by atoms with Gasteiger partial charge in [-0.25, -0.2) is 0 Å². The number of nitrogens with one attached hydrogen (secondary N) is 1. The van der Waals surface area contributed by atoms with E-state index in [-0.39, 0.29) is 12.6 Å². The number of aryl methyl sites for hydroxylation is 1. The van der Waals surface area contributed by atoms with E-state index in [1.807, 2.05) is 14.0 Å². The second-order valence-corrected chi connectivity index (χ2v) is 4.15.